The zero-order valence-electron chi connectivity index (χ0n) is 12.6. The van der Waals surface area contributed by atoms with Gasteiger partial charge in [0.1, 0.15) is 12.4 Å². The number of hydrogen-bond donors (Lipinski definition) is 2. The Labute approximate surface area is 124 Å². The zero-order valence-corrected chi connectivity index (χ0v) is 12.6. The Morgan fingerprint density at radius 2 is 1.90 bits per heavy atom. The maximum absolute atomic E-state index is 11.8. The van der Waals surface area contributed by atoms with Gasteiger partial charge in [-0.1, -0.05) is 12.1 Å². The first-order valence-corrected chi connectivity index (χ1v) is 6.72. The Morgan fingerprint density at radius 1 is 1.24 bits per heavy atom. The molecule has 6 heteroatoms. The van der Waals surface area contributed by atoms with Crippen LogP contribution in [0.15, 0.2) is 24.3 Å². The molecule has 0 aromatic heterocycles. The summed E-state index contributed by atoms with van der Waals surface area (Å²) in [5.74, 6) is -0.214. The van der Waals surface area contributed by atoms with E-state index in [1.54, 1.807) is 24.3 Å². The van der Waals surface area contributed by atoms with Gasteiger partial charge in [-0.05, 0) is 32.9 Å². The SMILES string of the molecule is CC(C)(C)OCC(=O)Nc1ccccc1OCCC(N)=O. The highest BCUT2D eigenvalue weighted by molar-refractivity contribution is 5.93. The molecule has 0 fully saturated rings. The number of carbonyl (C=O) groups is 2. The molecule has 21 heavy (non-hydrogen) atoms. The van der Waals surface area contributed by atoms with Gasteiger partial charge in [-0.15, -0.1) is 0 Å². The summed E-state index contributed by atoms with van der Waals surface area (Å²) in [5.41, 5.74) is 5.20. The number of hydrogen-bond acceptors (Lipinski definition) is 4. The molecular formula is C15H22N2O4. The highest BCUT2D eigenvalue weighted by atomic mass is 16.5. The number of nitrogens with two attached hydrogens (primary N) is 1. The van der Waals surface area contributed by atoms with Gasteiger partial charge < -0.3 is 20.5 Å². The van der Waals surface area contributed by atoms with E-state index < -0.39 is 5.91 Å². The molecule has 3 N–H and O–H groups in total. The van der Waals surface area contributed by atoms with Crippen LogP contribution >= 0.6 is 0 Å². The Bertz CT molecular complexity index is 495. The first-order valence-electron chi connectivity index (χ1n) is 6.72. The molecule has 0 saturated carbocycles. The van der Waals surface area contributed by atoms with Crippen LogP contribution in [0.25, 0.3) is 0 Å². The van der Waals surface area contributed by atoms with Crippen molar-refractivity contribution in [1.29, 1.82) is 0 Å². The quantitative estimate of drug-likeness (QED) is 0.800. The molecule has 0 unspecified atom stereocenters. The second-order valence-electron chi connectivity index (χ2n) is 5.51. The fourth-order valence-electron chi connectivity index (χ4n) is 1.43. The van der Waals surface area contributed by atoms with Crippen molar-refractivity contribution in [2.75, 3.05) is 18.5 Å². The normalized spacial score (nSPS) is 11.0. The van der Waals surface area contributed by atoms with E-state index in [0.29, 0.717) is 11.4 Å². The van der Waals surface area contributed by atoms with Crippen molar-refractivity contribution < 1.29 is 19.1 Å². The van der Waals surface area contributed by atoms with E-state index in [1.807, 2.05) is 20.8 Å². The van der Waals surface area contributed by atoms with E-state index in [0.717, 1.165) is 0 Å². The Balaban J connectivity index is 2.57. The van der Waals surface area contributed by atoms with Gasteiger partial charge in [-0.2, -0.15) is 0 Å². The molecule has 0 saturated heterocycles. The van der Waals surface area contributed by atoms with Gasteiger partial charge in [-0.3, -0.25) is 9.59 Å². The molecule has 0 atom stereocenters. The van der Waals surface area contributed by atoms with Crippen LogP contribution in [0.2, 0.25) is 0 Å². The predicted molar refractivity (Wildman–Crippen MR) is 80.1 cm³/mol. The minimum Gasteiger partial charge on any atom is -0.491 e. The monoisotopic (exact) mass is 294 g/mol. The maximum atomic E-state index is 11.8. The number of amides is 2. The van der Waals surface area contributed by atoms with Gasteiger partial charge >= 0.3 is 0 Å². The van der Waals surface area contributed by atoms with Gasteiger partial charge in [0.05, 0.1) is 24.3 Å². The number of anilines is 1. The second-order valence-corrected chi connectivity index (χ2v) is 5.51. The van der Waals surface area contributed by atoms with Crippen LogP contribution in [-0.4, -0.2) is 30.6 Å². The predicted octanol–water partition coefficient (Wildman–Crippen LogP) is 1.69. The Morgan fingerprint density at radius 3 is 2.52 bits per heavy atom. The highest BCUT2D eigenvalue weighted by Crippen LogP contribution is 2.23. The Kier molecular flexibility index (Phi) is 6.17. The smallest absolute Gasteiger partial charge is 0.250 e. The molecule has 0 aliphatic rings. The fourth-order valence-corrected chi connectivity index (χ4v) is 1.43. The summed E-state index contributed by atoms with van der Waals surface area (Å²) in [7, 11) is 0. The third-order valence-electron chi connectivity index (χ3n) is 2.40. The highest BCUT2D eigenvalue weighted by Gasteiger charge is 2.14. The van der Waals surface area contributed by atoms with Crippen molar-refractivity contribution in [1.82, 2.24) is 0 Å². The van der Waals surface area contributed by atoms with Gasteiger partial charge in [-0.25, -0.2) is 0 Å². The van der Waals surface area contributed by atoms with Gasteiger partial charge in [0.25, 0.3) is 0 Å². The van der Waals surface area contributed by atoms with Gasteiger partial charge in [0.15, 0.2) is 0 Å². The molecule has 0 heterocycles. The van der Waals surface area contributed by atoms with Crippen LogP contribution in [0.4, 0.5) is 5.69 Å². The summed E-state index contributed by atoms with van der Waals surface area (Å²) >= 11 is 0. The molecule has 6 nitrogen and oxygen atoms in total. The number of para-hydroxylation sites is 2. The molecule has 1 aromatic carbocycles. The van der Waals surface area contributed by atoms with Crippen LogP contribution in [0.1, 0.15) is 27.2 Å². The summed E-state index contributed by atoms with van der Waals surface area (Å²) < 4.78 is 10.8. The third-order valence-corrected chi connectivity index (χ3v) is 2.40. The molecule has 0 radical (unpaired) electrons. The summed E-state index contributed by atoms with van der Waals surface area (Å²) in [6, 6.07) is 6.98. The first-order chi connectivity index (χ1) is 9.78. The van der Waals surface area contributed by atoms with Crippen LogP contribution in [0.3, 0.4) is 0 Å². The molecule has 0 aliphatic heterocycles. The number of carbonyl (C=O) groups excluding carboxylic acids is 2. The van der Waals surface area contributed by atoms with Crippen molar-refractivity contribution in [3.63, 3.8) is 0 Å². The largest absolute Gasteiger partial charge is 0.491 e. The van der Waals surface area contributed by atoms with Crippen LogP contribution in [-0.2, 0) is 14.3 Å². The van der Waals surface area contributed by atoms with Crippen LogP contribution < -0.4 is 15.8 Å². The van der Waals surface area contributed by atoms with Crippen molar-refractivity contribution >= 4 is 17.5 Å². The molecule has 1 rings (SSSR count). The maximum Gasteiger partial charge on any atom is 0.250 e. The standard InChI is InChI=1S/C15H22N2O4/c1-15(2,3)21-10-14(19)17-11-6-4-5-7-12(11)20-9-8-13(16)18/h4-7H,8-10H2,1-3H3,(H2,16,18)(H,17,19). The van der Waals surface area contributed by atoms with Crippen molar-refractivity contribution in [2.24, 2.45) is 5.73 Å². The topological polar surface area (TPSA) is 90.7 Å². The van der Waals surface area contributed by atoms with E-state index >= 15 is 0 Å². The van der Waals surface area contributed by atoms with Crippen LogP contribution in [0.5, 0.6) is 5.75 Å². The summed E-state index contributed by atoms with van der Waals surface area (Å²) in [6.45, 7) is 5.75. The molecule has 116 valence electrons. The zero-order chi connectivity index (χ0) is 15.9. The third kappa shape index (κ3) is 7.31. The molecule has 1 aromatic rings. The summed E-state index contributed by atoms with van der Waals surface area (Å²) in [4.78, 5) is 22.5. The number of ether oxygens (including phenoxy) is 2. The molecule has 0 bridgehead atoms. The molecule has 0 spiro atoms. The fraction of sp³-hybridized carbons (Fsp3) is 0.467. The molecule has 2 amide bonds. The van der Waals surface area contributed by atoms with Crippen LogP contribution in [0, 0.1) is 0 Å². The van der Waals surface area contributed by atoms with E-state index in [9.17, 15) is 9.59 Å². The summed E-state index contributed by atoms with van der Waals surface area (Å²) in [5, 5.41) is 2.72. The molecular weight excluding hydrogens is 272 g/mol. The number of rotatable bonds is 7. The van der Waals surface area contributed by atoms with Gasteiger partial charge in [0.2, 0.25) is 11.8 Å². The Hall–Kier alpha value is -2.08. The average Bonchev–Trinajstić information content (AvgIpc) is 2.37. The summed E-state index contributed by atoms with van der Waals surface area (Å²) in [6.07, 6.45) is 0.120. The van der Waals surface area contributed by atoms with Gasteiger partial charge in [0, 0.05) is 0 Å². The van der Waals surface area contributed by atoms with E-state index in [4.69, 9.17) is 15.2 Å². The lowest BCUT2D eigenvalue weighted by Crippen LogP contribution is -2.27. The van der Waals surface area contributed by atoms with Crippen molar-refractivity contribution in [3.05, 3.63) is 24.3 Å². The average molecular weight is 294 g/mol. The number of benzene rings is 1. The lowest BCUT2D eigenvalue weighted by molar-refractivity contribution is -0.125. The van der Waals surface area contributed by atoms with E-state index in [1.165, 1.54) is 0 Å². The number of primary amides is 1. The molecule has 0 aliphatic carbocycles. The lowest BCUT2D eigenvalue weighted by atomic mass is 10.2. The first kappa shape index (κ1) is 17.0. The van der Waals surface area contributed by atoms with Crippen molar-refractivity contribution in [2.45, 2.75) is 32.8 Å². The number of nitrogens with one attached hydrogen (secondary N) is 1. The minimum atomic E-state index is -0.435. The van der Waals surface area contributed by atoms with E-state index in [-0.39, 0.29) is 31.1 Å². The minimum absolute atomic E-state index is 0.0425. The van der Waals surface area contributed by atoms with E-state index in [2.05, 4.69) is 5.32 Å². The lowest BCUT2D eigenvalue weighted by Gasteiger charge is -2.19. The van der Waals surface area contributed by atoms with Crippen molar-refractivity contribution in [3.8, 4) is 5.75 Å². The second kappa shape index (κ2) is 7.64.